The Morgan fingerprint density at radius 2 is 2.25 bits per heavy atom. The first-order chi connectivity index (χ1) is 9.70. The number of rotatable bonds is 6. The summed E-state index contributed by atoms with van der Waals surface area (Å²) in [5.41, 5.74) is 2.61. The lowest BCUT2D eigenvalue weighted by Gasteiger charge is -2.13. The van der Waals surface area contributed by atoms with Crippen LogP contribution in [-0.4, -0.2) is 36.2 Å². The highest BCUT2D eigenvalue weighted by Crippen LogP contribution is 2.26. The number of thioether (sulfide) groups is 1. The standard InChI is InChI=1S/C14H20N2O3S/c1-10-13(6-7-18-10)20-9-8-19-12-4-2-11(3-5-12)14(17)16-15/h2-5,10,13H,6-9,15H2,1H3,(H,16,17). The fourth-order valence-electron chi connectivity index (χ4n) is 2.08. The van der Waals surface area contributed by atoms with Crippen molar-refractivity contribution in [3.63, 3.8) is 0 Å². The summed E-state index contributed by atoms with van der Waals surface area (Å²) in [5, 5.41) is 0.578. The maximum Gasteiger partial charge on any atom is 0.265 e. The van der Waals surface area contributed by atoms with Crippen molar-refractivity contribution in [2.24, 2.45) is 5.84 Å². The predicted octanol–water partition coefficient (Wildman–Crippen LogP) is 1.58. The number of nitrogens with one attached hydrogen (secondary N) is 1. The van der Waals surface area contributed by atoms with Crippen molar-refractivity contribution in [2.75, 3.05) is 19.0 Å². The van der Waals surface area contributed by atoms with E-state index in [1.807, 2.05) is 11.8 Å². The number of carbonyl (C=O) groups is 1. The monoisotopic (exact) mass is 296 g/mol. The highest BCUT2D eigenvalue weighted by molar-refractivity contribution is 8.00. The summed E-state index contributed by atoms with van der Waals surface area (Å²) in [6.07, 6.45) is 1.46. The van der Waals surface area contributed by atoms with Crippen LogP contribution < -0.4 is 16.0 Å². The number of hydrogen-bond acceptors (Lipinski definition) is 5. The Kier molecular flexibility index (Phi) is 5.70. The Balaban J connectivity index is 1.70. The largest absolute Gasteiger partial charge is 0.493 e. The molecule has 20 heavy (non-hydrogen) atoms. The zero-order valence-electron chi connectivity index (χ0n) is 11.5. The molecule has 1 saturated heterocycles. The summed E-state index contributed by atoms with van der Waals surface area (Å²) < 4.78 is 11.2. The van der Waals surface area contributed by atoms with Gasteiger partial charge in [-0.05, 0) is 37.6 Å². The molecule has 2 atom stereocenters. The fraction of sp³-hybridized carbons (Fsp3) is 0.500. The zero-order valence-corrected chi connectivity index (χ0v) is 12.3. The van der Waals surface area contributed by atoms with Crippen LogP contribution in [0.5, 0.6) is 5.75 Å². The Morgan fingerprint density at radius 1 is 1.50 bits per heavy atom. The molecule has 0 radical (unpaired) electrons. The molecule has 1 aliphatic rings. The van der Waals surface area contributed by atoms with Crippen LogP contribution in [0.25, 0.3) is 0 Å². The molecular formula is C14H20N2O3S. The van der Waals surface area contributed by atoms with Gasteiger partial charge >= 0.3 is 0 Å². The van der Waals surface area contributed by atoms with Crippen molar-refractivity contribution in [3.8, 4) is 5.75 Å². The minimum Gasteiger partial charge on any atom is -0.493 e. The van der Waals surface area contributed by atoms with Gasteiger partial charge in [0.2, 0.25) is 0 Å². The summed E-state index contributed by atoms with van der Waals surface area (Å²) in [5.74, 6) is 6.46. The SMILES string of the molecule is CC1OCCC1SCCOc1ccc(C(=O)NN)cc1. The van der Waals surface area contributed by atoms with Crippen molar-refractivity contribution >= 4 is 17.7 Å². The molecule has 110 valence electrons. The summed E-state index contributed by atoms with van der Waals surface area (Å²) in [7, 11) is 0. The number of carbonyl (C=O) groups excluding carboxylic acids is 1. The highest BCUT2D eigenvalue weighted by Gasteiger charge is 2.24. The zero-order chi connectivity index (χ0) is 14.4. The third kappa shape index (κ3) is 4.13. The average molecular weight is 296 g/mol. The molecule has 1 aliphatic heterocycles. The van der Waals surface area contributed by atoms with Gasteiger partial charge in [-0.3, -0.25) is 10.2 Å². The van der Waals surface area contributed by atoms with E-state index in [9.17, 15) is 4.79 Å². The molecule has 1 aromatic carbocycles. The lowest BCUT2D eigenvalue weighted by atomic mass is 10.2. The van der Waals surface area contributed by atoms with Crippen molar-refractivity contribution in [1.29, 1.82) is 0 Å². The molecule has 1 amide bonds. The number of hydrogen-bond donors (Lipinski definition) is 2. The maximum absolute atomic E-state index is 11.3. The molecule has 3 N–H and O–H groups in total. The lowest BCUT2D eigenvalue weighted by molar-refractivity contribution is 0.0953. The number of nitrogen functional groups attached to an aromatic ring is 1. The second-order valence-corrected chi connectivity index (χ2v) is 5.97. The summed E-state index contributed by atoms with van der Waals surface area (Å²) in [6.45, 7) is 3.63. The Morgan fingerprint density at radius 3 is 2.85 bits per heavy atom. The molecule has 6 heteroatoms. The third-order valence-electron chi connectivity index (χ3n) is 3.24. The quantitative estimate of drug-likeness (QED) is 0.361. The van der Waals surface area contributed by atoms with Crippen molar-refractivity contribution in [2.45, 2.75) is 24.7 Å². The molecule has 0 bridgehead atoms. The molecule has 1 aromatic rings. The molecule has 2 rings (SSSR count). The van der Waals surface area contributed by atoms with Crippen molar-refractivity contribution in [1.82, 2.24) is 5.43 Å². The van der Waals surface area contributed by atoms with Crippen LogP contribution in [0.4, 0.5) is 0 Å². The van der Waals surface area contributed by atoms with Crippen LogP contribution >= 0.6 is 11.8 Å². The third-order valence-corrected chi connectivity index (χ3v) is 4.69. The lowest BCUT2D eigenvalue weighted by Crippen LogP contribution is -2.29. The van der Waals surface area contributed by atoms with E-state index < -0.39 is 0 Å². The normalized spacial score (nSPS) is 21.7. The van der Waals surface area contributed by atoms with Crippen molar-refractivity contribution < 1.29 is 14.3 Å². The molecule has 0 saturated carbocycles. The van der Waals surface area contributed by atoms with E-state index in [-0.39, 0.29) is 5.91 Å². The second kappa shape index (κ2) is 7.52. The molecule has 0 aliphatic carbocycles. The van der Waals surface area contributed by atoms with E-state index in [0.717, 1.165) is 24.5 Å². The first-order valence-electron chi connectivity index (χ1n) is 6.67. The molecule has 5 nitrogen and oxygen atoms in total. The van der Waals surface area contributed by atoms with E-state index in [1.54, 1.807) is 24.3 Å². The van der Waals surface area contributed by atoms with Gasteiger partial charge < -0.3 is 9.47 Å². The highest BCUT2D eigenvalue weighted by atomic mass is 32.2. The van der Waals surface area contributed by atoms with Gasteiger partial charge in [-0.1, -0.05) is 0 Å². The topological polar surface area (TPSA) is 73.6 Å². The number of benzene rings is 1. The average Bonchev–Trinajstić information content (AvgIpc) is 2.89. The van der Waals surface area contributed by atoms with E-state index in [2.05, 4.69) is 12.3 Å². The maximum atomic E-state index is 11.3. The molecule has 1 fully saturated rings. The fourth-order valence-corrected chi connectivity index (χ4v) is 3.17. The number of amides is 1. The van der Waals surface area contributed by atoms with Crippen LogP contribution in [0.3, 0.4) is 0 Å². The number of hydrazine groups is 1. The van der Waals surface area contributed by atoms with Gasteiger partial charge in [-0.25, -0.2) is 5.84 Å². The first-order valence-corrected chi connectivity index (χ1v) is 7.72. The van der Waals surface area contributed by atoms with Crippen molar-refractivity contribution in [3.05, 3.63) is 29.8 Å². The summed E-state index contributed by atoms with van der Waals surface area (Å²) in [6, 6.07) is 6.93. The minimum atomic E-state index is -0.303. The Hall–Kier alpha value is -1.24. The summed E-state index contributed by atoms with van der Waals surface area (Å²) >= 11 is 1.89. The van der Waals surface area contributed by atoms with Gasteiger partial charge in [0.1, 0.15) is 5.75 Å². The van der Waals surface area contributed by atoms with Gasteiger partial charge in [0.05, 0.1) is 12.7 Å². The molecule has 0 aromatic heterocycles. The Bertz CT molecular complexity index is 439. The molecular weight excluding hydrogens is 276 g/mol. The molecule has 0 spiro atoms. The van der Waals surface area contributed by atoms with Crippen LogP contribution in [-0.2, 0) is 4.74 Å². The van der Waals surface area contributed by atoms with Gasteiger partial charge in [-0.2, -0.15) is 11.8 Å². The van der Waals surface area contributed by atoms with Gasteiger partial charge in [0.15, 0.2) is 0 Å². The molecule has 2 unspecified atom stereocenters. The van der Waals surface area contributed by atoms with Crippen LogP contribution in [0.2, 0.25) is 0 Å². The smallest absolute Gasteiger partial charge is 0.265 e. The predicted molar refractivity (Wildman–Crippen MR) is 79.9 cm³/mol. The van der Waals surface area contributed by atoms with E-state index in [1.165, 1.54) is 0 Å². The van der Waals surface area contributed by atoms with Gasteiger partial charge in [0, 0.05) is 23.2 Å². The number of ether oxygens (including phenoxy) is 2. The van der Waals surface area contributed by atoms with E-state index in [4.69, 9.17) is 15.3 Å². The van der Waals surface area contributed by atoms with Gasteiger partial charge in [-0.15, -0.1) is 0 Å². The van der Waals surface area contributed by atoms with Gasteiger partial charge in [0.25, 0.3) is 5.91 Å². The summed E-state index contributed by atoms with van der Waals surface area (Å²) in [4.78, 5) is 11.3. The van der Waals surface area contributed by atoms with E-state index >= 15 is 0 Å². The van der Waals surface area contributed by atoms with Crippen LogP contribution in [0.1, 0.15) is 23.7 Å². The molecule has 1 heterocycles. The minimum absolute atomic E-state index is 0.303. The second-order valence-electron chi connectivity index (χ2n) is 4.62. The first kappa shape index (κ1) is 15.2. The van der Waals surface area contributed by atoms with Crippen LogP contribution in [0.15, 0.2) is 24.3 Å². The van der Waals surface area contributed by atoms with Crippen LogP contribution in [0, 0.1) is 0 Å². The number of nitrogens with two attached hydrogens (primary N) is 1. The Labute approximate surface area is 123 Å². The van der Waals surface area contributed by atoms with E-state index in [0.29, 0.717) is 23.5 Å².